The van der Waals surface area contributed by atoms with Gasteiger partial charge in [-0.1, -0.05) is 18.2 Å². The van der Waals surface area contributed by atoms with Gasteiger partial charge in [0.15, 0.2) is 0 Å². The van der Waals surface area contributed by atoms with Crippen molar-refractivity contribution in [3.63, 3.8) is 0 Å². The molecule has 0 radical (unpaired) electrons. The van der Waals surface area contributed by atoms with Crippen LogP contribution in [0.3, 0.4) is 0 Å². The van der Waals surface area contributed by atoms with E-state index in [1.165, 1.54) is 20.8 Å². The molecule has 0 aliphatic heterocycles. The third kappa shape index (κ3) is 7.48. The Bertz CT molecular complexity index is 385. The molecule has 134 valence electrons. The minimum Gasteiger partial charge on any atom is -0.280 e. The highest BCUT2D eigenvalue weighted by Gasteiger charge is 2.38. The first kappa shape index (κ1) is 22.1. The van der Waals surface area contributed by atoms with E-state index in [1.54, 1.807) is 0 Å². The van der Waals surface area contributed by atoms with Crippen LogP contribution in [0, 0.1) is 0 Å². The molecule has 0 aromatic heterocycles. The number of hydrogen-bond donors (Lipinski definition) is 0. The first-order valence-corrected chi connectivity index (χ1v) is 8.51. The Hall–Kier alpha value is -0.880. The SMILES string of the molecule is C=CC(F)C(C)OP(=O)(OC(C)C(F)C=C)OC(C)C(F)C=C. The van der Waals surface area contributed by atoms with Gasteiger partial charge in [0.05, 0.1) is 0 Å². The van der Waals surface area contributed by atoms with Gasteiger partial charge in [0.1, 0.15) is 36.8 Å². The maximum atomic E-state index is 13.5. The predicted octanol–water partition coefficient (Wildman–Crippen LogP) is 4.88. The van der Waals surface area contributed by atoms with Crippen molar-refractivity contribution in [1.82, 2.24) is 0 Å². The Balaban J connectivity index is 5.25. The molecule has 0 heterocycles. The first-order valence-electron chi connectivity index (χ1n) is 7.05. The van der Waals surface area contributed by atoms with Crippen molar-refractivity contribution in [2.75, 3.05) is 0 Å². The standard InChI is InChI=1S/C15H24F3O4P/c1-7-13(16)10(4)20-23(19,21-11(5)14(17)8-2)22-12(6)15(18)9-3/h7-15H,1-3H2,4-6H3. The maximum absolute atomic E-state index is 13.5. The van der Waals surface area contributed by atoms with Crippen LogP contribution in [0.15, 0.2) is 38.0 Å². The highest BCUT2D eigenvalue weighted by molar-refractivity contribution is 7.48. The minimum atomic E-state index is -4.45. The van der Waals surface area contributed by atoms with Crippen LogP contribution in [-0.2, 0) is 18.1 Å². The molecule has 4 nitrogen and oxygen atoms in total. The van der Waals surface area contributed by atoms with Gasteiger partial charge in [-0.15, -0.1) is 19.7 Å². The van der Waals surface area contributed by atoms with E-state index in [2.05, 4.69) is 19.7 Å². The average Bonchev–Trinajstić information content (AvgIpc) is 2.51. The van der Waals surface area contributed by atoms with E-state index >= 15 is 0 Å². The fourth-order valence-electron chi connectivity index (χ4n) is 1.43. The summed E-state index contributed by atoms with van der Waals surface area (Å²) in [6, 6.07) is 0. The molecule has 0 spiro atoms. The Kier molecular flexibility index (Phi) is 9.70. The second kappa shape index (κ2) is 10.1. The lowest BCUT2D eigenvalue weighted by Gasteiger charge is -2.28. The summed E-state index contributed by atoms with van der Waals surface area (Å²) in [5.74, 6) is 0. The molecule has 0 aliphatic carbocycles. The summed E-state index contributed by atoms with van der Waals surface area (Å²) in [6.45, 7) is 13.5. The van der Waals surface area contributed by atoms with E-state index in [-0.39, 0.29) is 0 Å². The monoisotopic (exact) mass is 356 g/mol. The van der Waals surface area contributed by atoms with Crippen molar-refractivity contribution in [3.05, 3.63) is 38.0 Å². The highest BCUT2D eigenvalue weighted by Crippen LogP contribution is 2.54. The van der Waals surface area contributed by atoms with Crippen molar-refractivity contribution >= 4 is 7.82 Å². The van der Waals surface area contributed by atoms with E-state index in [1.807, 2.05) is 0 Å². The number of phosphoric ester groups is 1. The number of hydrogen-bond acceptors (Lipinski definition) is 4. The van der Waals surface area contributed by atoms with Gasteiger partial charge in [0, 0.05) is 0 Å². The summed E-state index contributed by atoms with van der Waals surface area (Å²) in [5, 5.41) is 0. The van der Waals surface area contributed by atoms with Crippen LogP contribution >= 0.6 is 7.82 Å². The molecule has 23 heavy (non-hydrogen) atoms. The number of halogens is 3. The zero-order chi connectivity index (χ0) is 18.2. The van der Waals surface area contributed by atoms with Crippen molar-refractivity contribution < 1.29 is 31.3 Å². The zero-order valence-corrected chi connectivity index (χ0v) is 14.4. The summed E-state index contributed by atoms with van der Waals surface area (Å²) in [4.78, 5) is 0. The van der Waals surface area contributed by atoms with Crippen molar-refractivity contribution in [1.29, 1.82) is 0 Å². The van der Waals surface area contributed by atoms with Crippen molar-refractivity contribution in [2.45, 2.75) is 57.6 Å². The summed E-state index contributed by atoms with van der Waals surface area (Å²) in [6.07, 6.45) is -5.93. The lowest BCUT2D eigenvalue weighted by Crippen LogP contribution is -2.27. The van der Waals surface area contributed by atoms with Gasteiger partial charge < -0.3 is 0 Å². The number of rotatable bonds is 12. The van der Waals surface area contributed by atoms with Gasteiger partial charge in [-0.3, -0.25) is 13.6 Å². The Morgan fingerprint density at radius 3 is 1.13 bits per heavy atom. The second-order valence-electron chi connectivity index (χ2n) is 4.92. The molecule has 6 unspecified atom stereocenters. The third-order valence-electron chi connectivity index (χ3n) is 2.91. The lowest BCUT2D eigenvalue weighted by molar-refractivity contribution is 0.00396. The molecule has 0 saturated heterocycles. The van der Waals surface area contributed by atoms with Crippen molar-refractivity contribution in [2.24, 2.45) is 0 Å². The number of alkyl halides is 3. The van der Waals surface area contributed by atoms with Gasteiger partial charge >= 0.3 is 7.82 Å². The Morgan fingerprint density at radius 1 is 0.739 bits per heavy atom. The van der Waals surface area contributed by atoms with Crippen LogP contribution in [0.25, 0.3) is 0 Å². The molecule has 8 heteroatoms. The Morgan fingerprint density at radius 2 is 0.957 bits per heavy atom. The van der Waals surface area contributed by atoms with Gasteiger partial charge in [0.2, 0.25) is 0 Å². The van der Waals surface area contributed by atoms with Gasteiger partial charge in [-0.05, 0) is 20.8 Å². The van der Waals surface area contributed by atoms with E-state index in [4.69, 9.17) is 13.6 Å². The van der Waals surface area contributed by atoms with E-state index in [9.17, 15) is 17.7 Å². The molecule has 0 rings (SSSR count). The fourth-order valence-corrected chi connectivity index (χ4v) is 3.15. The first-order chi connectivity index (χ1) is 10.6. The van der Waals surface area contributed by atoms with Crippen LogP contribution in [0.4, 0.5) is 13.2 Å². The van der Waals surface area contributed by atoms with Gasteiger partial charge in [0.25, 0.3) is 0 Å². The zero-order valence-electron chi connectivity index (χ0n) is 13.5. The molecule has 0 N–H and O–H groups in total. The molecule has 0 aromatic carbocycles. The van der Waals surface area contributed by atoms with Crippen LogP contribution in [0.2, 0.25) is 0 Å². The molecule has 0 fully saturated rings. The molecule has 0 aliphatic rings. The molecule has 0 aromatic rings. The lowest BCUT2D eigenvalue weighted by atomic mass is 10.2. The third-order valence-corrected chi connectivity index (χ3v) is 4.68. The van der Waals surface area contributed by atoms with Gasteiger partial charge in [-0.25, -0.2) is 17.7 Å². The normalized spacial score (nSPS) is 22.0. The van der Waals surface area contributed by atoms with Crippen LogP contribution in [-0.4, -0.2) is 36.8 Å². The van der Waals surface area contributed by atoms with Crippen molar-refractivity contribution in [3.8, 4) is 0 Å². The summed E-state index contributed by atoms with van der Waals surface area (Å²) in [5.41, 5.74) is 0. The quantitative estimate of drug-likeness (QED) is 0.369. The fraction of sp³-hybridized carbons (Fsp3) is 0.600. The minimum absolute atomic E-state index is 0.936. The predicted molar refractivity (Wildman–Crippen MR) is 84.5 cm³/mol. The smallest absolute Gasteiger partial charge is 0.280 e. The average molecular weight is 356 g/mol. The second-order valence-corrected chi connectivity index (χ2v) is 6.45. The summed E-state index contributed by atoms with van der Waals surface area (Å²) < 4.78 is 68.2. The maximum Gasteiger partial charge on any atom is 0.475 e. The van der Waals surface area contributed by atoms with Crippen LogP contribution < -0.4 is 0 Å². The van der Waals surface area contributed by atoms with E-state index in [0.29, 0.717) is 0 Å². The molecule has 0 saturated carbocycles. The van der Waals surface area contributed by atoms with E-state index < -0.39 is 44.6 Å². The molecule has 0 bridgehead atoms. The van der Waals surface area contributed by atoms with Gasteiger partial charge in [-0.2, -0.15) is 0 Å². The Labute approximate surface area is 135 Å². The largest absolute Gasteiger partial charge is 0.475 e. The van der Waals surface area contributed by atoms with E-state index in [0.717, 1.165) is 18.2 Å². The van der Waals surface area contributed by atoms with Crippen LogP contribution in [0.1, 0.15) is 20.8 Å². The summed E-state index contributed by atoms with van der Waals surface area (Å²) >= 11 is 0. The molecular weight excluding hydrogens is 332 g/mol. The topological polar surface area (TPSA) is 44.8 Å². The number of phosphoric acid groups is 1. The van der Waals surface area contributed by atoms with Crippen LogP contribution in [0.5, 0.6) is 0 Å². The summed E-state index contributed by atoms with van der Waals surface area (Å²) in [7, 11) is -4.45. The molecule has 0 amide bonds. The highest BCUT2D eigenvalue weighted by atomic mass is 31.2. The molecular formula is C15H24F3O4P. The molecule has 6 atom stereocenters.